The van der Waals surface area contributed by atoms with Gasteiger partial charge < -0.3 is 14.7 Å². The maximum Gasteiger partial charge on any atom is 0.141 e. The lowest BCUT2D eigenvalue weighted by atomic mass is 10.1. The molecule has 1 aliphatic rings. The lowest BCUT2D eigenvalue weighted by molar-refractivity contribution is 0.405. The molecule has 0 aliphatic carbocycles. The lowest BCUT2D eigenvalue weighted by Gasteiger charge is -2.29. The molecule has 1 saturated heterocycles. The fraction of sp³-hybridized carbons (Fsp3) is 0.417. The SMILES string of the molecule is Cc1onc2c(N3CCNCC3)cccc12. The molecule has 1 aromatic heterocycles. The van der Waals surface area contributed by atoms with Crippen molar-refractivity contribution < 1.29 is 4.52 Å². The molecule has 16 heavy (non-hydrogen) atoms. The van der Waals surface area contributed by atoms with Crippen LogP contribution in [-0.2, 0) is 0 Å². The quantitative estimate of drug-likeness (QED) is 0.786. The number of hydrogen-bond acceptors (Lipinski definition) is 4. The summed E-state index contributed by atoms with van der Waals surface area (Å²) >= 11 is 0. The van der Waals surface area contributed by atoms with E-state index in [1.165, 1.54) is 5.69 Å². The van der Waals surface area contributed by atoms with E-state index in [0.29, 0.717) is 0 Å². The smallest absolute Gasteiger partial charge is 0.141 e. The van der Waals surface area contributed by atoms with E-state index in [1.54, 1.807) is 0 Å². The standard InChI is InChI=1S/C12H15N3O/c1-9-10-3-2-4-11(12(10)14-16-9)15-7-5-13-6-8-15/h2-4,13H,5-8H2,1H3. The number of anilines is 1. The average Bonchev–Trinajstić information content (AvgIpc) is 2.73. The van der Waals surface area contributed by atoms with Crippen LogP contribution < -0.4 is 10.2 Å². The Bertz CT molecular complexity index is 500. The van der Waals surface area contributed by atoms with Crippen LogP contribution in [0.3, 0.4) is 0 Å². The zero-order chi connectivity index (χ0) is 11.0. The van der Waals surface area contributed by atoms with E-state index in [1.807, 2.05) is 6.92 Å². The summed E-state index contributed by atoms with van der Waals surface area (Å²) in [5, 5.41) is 8.63. The van der Waals surface area contributed by atoms with Gasteiger partial charge in [0.05, 0.1) is 5.69 Å². The third-order valence-corrected chi connectivity index (χ3v) is 3.13. The molecule has 0 unspecified atom stereocenters. The second kappa shape index (κ2) is 3.79. The largest absolute Gasteiger partial charge is 0.367 e. The maximum atomic E-state index is 5.25. The van der Waals surface area contributed by atoms with Crippen LogP contribution in [0.4, 0.5) is 5.69 Å². The van der Waals surface area contributed by atoms with Gasteiger partial charge in [-0.05, 0) is 19.1 Å². The second-order valence-corrected chi connectivity index (χ2v) is 4.15. The van der Waals surface area contributed by atoms with E-state index >= 15 is 0 Å². The lowest BCUT2D eigenvalue weighted by Crippen LogP contribution is -2.43. The van der Waals surface area contributed by atoms with Crippen LogP contribution in [0.25, 0.3) is 10.9 Å². The summed E-state index contributed by atoms with van der Waals surface area (Å²) in [6.07, 6.45) is 0. The van der Waals surface area contributed by atoms with E-state index in [4.69, 9.17) is 4.52 Å². The highest BCUT2D eigenvalue weighted by atomic mass is 16.5. The summed E-state index contributed by atoms with van der Waals surface area (Å²) in [7, 11) is 0. The first-order valence-electron chi connectivity index (χ1n) is 5.67. The molecule has 2 heterocycles. The Balaban J connectivity index is 2.08. The van der Waals surface area contributed by atoms with E-state index in [-0.39, 0.29) is 0 Å². The summed E-state index contributed by atoms with van der Waals surface area (Å²) < 4.78 is 5.25. The summed E-state index contributed by atoms with van der Waals surface area (Å²) in [4.78, 5) is 2.36. The van der Waals surface area contributed by atoms with E-state index in [0.717, 1.165) is 42.8 Å². The van der Waals surface area contributed by atoms with Crippen molar-refractivity contribution in [1.82, 2.24) is 10.5 Å². The Labute approximate surface area is 94.2 Å². The van der Waals surface area contributed by atoms with Crippen LogP contribution >= 0.6 is 0 Å². The minimum Gasteiger partial charge on any atom is -0.367 e. The highest BCUT2D eigenvalue weighted by molar-refractivity contribution is 5.91. The normalized spacial score (nSPS) is 16.9. The number of aromatic nitrogens is 1. The Hall–Kier alpha value is -1.55. The van der Waals surface area contributed by atoms with E-state index in [2.05, 4.69) is 33.6 Å². The Morgan fingerprint density at radius 3 is 2.94 bits per heavy atom. The molecule has 1 aliphatic heterocycles. The molecule has 1 aromatic carbocycles. The minimum absolute atomic E-state index is 0.895. The van der Waals surface area contributed by atoms with Crippen molar-refractivity contribution in [3.63, 3.8) is 0 Å². The van der Waals surface area contributed by atoms with Gasteiger partial charge in [-0.2, -0.15) is 0 Å². The molecule has 0 spiro atoms. The van der Waals surface area contributed by atoms with Crippen LogP contribution in [0, 0.1) is 6.92 Å². The van der Waals surface area contributed by atoms with Crippen molar-refractivity contribution in [3.05, 3.63) is 24.0 Å². The average molecular weight is 217 g/mol. The van der Waals surface area contributed by atoms with Gasteiger partial charge in [0.2, 0.25) is 0 Å². The zero-order valence-corrected chi connectivity index (χ0v) is 9.36. The predicted molar refractivity (Wildman–Crippen MR) is 63.8 cm³/mol. The number of hydrogen-bond donors (Lipinski definition) is 1. The van der Waals surface area contributed by atoms with Crippen LogP contribution in [0.1, 0.15) is 5.76 Å². The Morgan fingerprint density at radius 2 is 2.12 bits per heavy atom. The fourth-order valence-corrected chi connectivity index (χ4v) is 2.24. The summed E-state index contributed by atoms with van der Waals surface area (Å²) in [6, 6.07) is 6.26. The predicted octanol–water partition coefficient (Wildman–Crippen LogP) is 1.55. The monoisotopic (exact) mass is 217 g/mol. The molecule has 0 atom stereocenters. The van der Waals surface area contributed by atoms with Crippen molar-refractivity contribution in [1.29, 1.82) is 0 Å². The maximum absolute atomic E-state index is 5.25. The molecular formula is C12H15N3O. The number of fused-ring (bicyclic) bond motifs is 1. The molecule has 1 N–H and O–H groups in total. The molecule has 0 radical (unpaired) electrons. The molecule has 3 rings (SSSR count). The van der Waals surface area contributed by atoms with Gasteiger partial charge in [0.1, 0.15) is 11.3 Å². The summed E-state index contributed by atoms with van der Waals surface area (Å²) in [5.74, 6) is 0.895. The van der Waals surface area contributed by atoms with E-state index in [9.17, 15) is 0 Å². The van der Waals surface area contributed by atoms with Gasteiger partial charge in [0.25, 0.3) is 0 Å². The molecular weight excluding hydrogens is 202 g/mol. The number of benzene rings is 1. The van der Waals surface area contributed by atoms with Gasteiger partial charge in [0, 0.05) is 31.6 Å². The first kappa shape index (κ1) is 9.66. The first-order valence-corrected chi connectivity index (χ1v) is 5.67. The van der Waals surface area contributed by atoms with Gasteiger partial charge in [0.15, 0.2) is 0 Å². The van der Waals surface area contributed by atoms with Gasteiger partial charge in [-0.25, -0.2) is 0 Å². The highest BCUT2D eigenvalue weighted by Gasteiger charge is 2.15. The number of nitrogens with zero attached hydrogens (tertiary/aromatic N) is 2. The van der Waals surface area contributed by atoms with Gasteiger partial charge in [-0.1, -0.05) is 11.2 Å². The third-order valence-electron chi connectivity index (χ3n) is 3.13. The fourth-order valence-electron chi connectivity index (χ4n) is 2.24. The van der Waals surface area contributed by atoms with Crippen LogP contribution in [0.15, 0.2) is 22.7 Å². The summed E-state index contributed by atoms with van der Waals surface area (Å²) in [6.45, 7) is 6.09. The molecule has 0 bridgehead atoms. The zero-order valence-electron chi connectivity index (χ0n) is 9.36. The number of nitrogens with one attached hydrogen (secondary N) is 1. The van der Waals surface area contributed by atoms with Crippen molar-refractivity contribution in [2.75, 3.05) is 31.1 Å². The van der Waals surface area contributed by atoms with Gasteiger partial charge >= 0.3 is 0 Å². The van der Waals surface area contributed by atoms with Crippen molar-refractivity contribution in [2.45, 2.75) is 6.92 Å². The van der Waals surface area contributed by atoms with Crippen LogP contribution in [0.2, 0.25) is 0 Å². The molecule has 0 saturated carbocycles. The molecule has 4 nitrogen and oxygen atoms in total. The molecule has 84 valence electrons. The van der Waals surface area contributed by atoms with Gasteiger partial charge in [-0.15, -0.1) is 0 Å². The Morgan fingerprint density at radius 1 is 1.31 bits per heavy atom. The van der Waals surface area contributed by atoms with Crippen molar-refractivity contribution >= 4 is 16.6 Å². The van der Waals surface area contributed by atoms with Crippen molar-refractivity contribution in [2.24, 2.45) is 0 Å². The minimum atomic E-state index is 0.895. The van der Waals surface area contributed by atoms with Crippen LogP contribution in [-0.4, -0.2) is 31.3 Å². The summed E-state index contributed by atoms with van der Waals surface area (Å²) in [5.41, 5.74) is 2.18. The Kier molecular flexibility index (Phi) is 2.29. The third kappa shape index (κ3) is 1.46. The topological polar surface area (TPSA) is 41.3 Å². The first-order chi connectivity index (χ1) is 7.86. The van der Waals surface area contributed by atoms with Crippen LogP contribution in [0.5, 0.6) is 0 Å². The molecule has 1 fully saturated rings. The van der Waals surface area contributed by atoms with Gasteiger partial charge in [-0.3, -0.25) is 0 Å². The molecule has 0 amide bonds. The number of aryl methyl sites for hydroxylation is 1. The highest BCUT2D eigenvalue weighted by Crippen LogP contribution is 2.27. The van der Waals surface area contributed by atoms with E-state index < -0.39 is 0 Å². The number of piperazine rings is 1. The van der Waals surface area contributed by atoms with Crippen molar-refractivity contribution in [3.8, 4) is 0 Å². The molecule has 2 aromatic rings. The number of rotatable bonds is 1. The molecule has 4 heteroatoms. The second-order valence-electron chi connectivity index (χ2n) is 4.15.